The van der Waals surface area contributed by atoms with Crippen LogP contribution in [0.15, 0.2) is 24.3 Å². The van der Waals surface area contributed by atoms with Gasteiger partial charge >= 0.3 is 0 Å². The predicted octanol–water partition coefficient (Wildman–Crippen LogP) is 3.09. The highest BCUT2D eigenvalue weighted by Crippen LogP contribution is 2.54. The summed E-state index contributed by atoms with van der Waals surface area (Å²) in [5.74, 6) is 1.33. The van der Waals surface area contributed by atoms with Crippen molar-refractivity contribution in [2.24, 2.45) is 5.92 Å². The van der Waals surface area contributed by atoms with Crippen LogP contribution in [0.4, 0.5) is 0 Å². The second kappa shape index (κ2) is 4.46. The van der Waals surface area contributed by atoms with Gasteiger partial charge in [-0.3, -0.25) is 0 Å². The number of ether oxygens (including phenoxy) is 1. The van der Waals surface area contributed by atoms with Gasteiger partial charge in [0, 0.05) is 0 Å². The highest BCUT2D eigenvalue weighted by Gasteiger charge is 2.53. The Balaban J connectivity index is 2.05. The van der Waals surface area contributed by atoms with Gasteiger partial charge in [-0.25, -0.2) is 0 Å². The van der Waals surface area contributed by atoms with Crippen LogP contribution in [0.2, 0.25) is 0 Å². The second-order valence-corrected chi connectivity index (χ2v) is 4.57. The van der Waals surface area contributed by atoms with Gasteiger partial charge in [-0.1, -0.05) is 25.5 Å². The molecule has 1 aliphatic rings. The van der Waals surface area contributed by atoms with Gasteiger partial charge in [0.05, 0.1) is 12.2 Å². The molecule has 2 atom stereocenters. The molecule has 1 aliphatic carbocycles. The number of aliphatic hydroxyl groups is 1. The normalized spacial score (nSPS) is 27.8. The Morgan fingerprint density at radius 2 is 2.00 bits per heavy atom. The number of hydrogen-bond acceptors (Lipinski definition) is 2. The minimum absolute atomic E-state index is 0.454. The van der Waals surface area contributed by atoms with Gasteiger partial charge < -0.3 is 9.84 Å². The summed E-state index contributed by atoms with van der Waals surface area (Å²) >= 11 is 0. The topological polar surface area (TPSA) is 29.5 Å². The molecule has 1 N–H and O–H groups in total. The van der Waals surface area contributed by atoms with E-state index in [-0.39, 0.29) is 0 Å². The number of rotatable bonds is 5. The van der Waals surface area contributed by atoms with Crippen molar-refractivity contribution in [3.05, 3.63) is 29.8 Å². The van der Waals surface area contributed by atoms with Gasteiger partial charge in [0.25, 0.3) is 0 Å². The second-order valence-electron chi connectivity index (χ2n) is 4.57. The Labute approximate surface area is 97.3 Å². The summed E-state index contributed by atoms with van der Waals surface area (Å²) in [6.07, 6.45) is 3.17. The van der Waals surface area contributed by atoms with Crippen LogP contribution in [0.5, 0.6) is 5.75 Å². The third-order valence-electron chi connectivity index (χ3n) is 3.38. The zero-order valence-electron chi connectivity index (χ0n) is 10.1. The fraction of sp³-hybridized carbons (Fsp3) is 0.571. The van der Waals surface area contributed by atoms with Crippen LogP contribution in [0, 0.1) is 5.92 Å². The Morgan fingerprint density at radius 1 is 1.31 bits per heavy atom. The molecule has 0 amide bonds. The average Bonchev–Trinajstić information content (AvgIpc) is 2.93. The van der Waals surface area contributed by atoms with Gasteiger partial charge in [0.15, 0.2) is 0 Å². The summed E-state index contributed by atoms with van der Waals surface area (Å²) in [6.45, 7) is 4.82. The maximum absolute atomic E-state index is 10.4. The minimum Gasteiger partial charge on any atom is -0.494 e. The predicted molar refractivity (Wildman–Crippen MR) is 64.5 cm³/mol. The zero-order chi connectivity index (χ0) is 11.6. The van der Waals surface area contributed by atoms with E-state index in [4.69, 9.17) is 4.74 Å². The molecule has 0 aliphatic heterocycles. The summed E-state index contributed by atoms with van der Waals surface area (Å²) in [7, 11) is 0. The van der Waals surface area contributed by atoms with Gasteiger partial charge in [-0.2, -0.15) is 0 Å². The molecule has 1 fully saturated rings. The molecular formula is C14H20O2. The molecule has 1 saturated carbocycles. The maximum Gasteiger partial charge on any atom is 0.119 e. The maximum atomic E-state index is 10.4. The van der Waals surface area contributed by atoms with Crippen molar-refractivity contribution in [1.82, 2.24) is 0 Å². The number of hydrogen-bond donors (Lipinski definition) is 1. The number of benzene rings is 1. The van der Waals surface area contributed by atoms with Crippen molar-refractivity contribution < 1.29 is 9.84 Å². The molecule has 0 heterocycles. The first kappa shape index (κ1) is 11.5. The highest BCUT2D eigenvalue weighted by atomic mass is 16.5. The standard InChI is InChI=1S/C14H20O2/c1-3-5-12-10-14(12,15)11-6-8-13(9-7-11)16-4-2/h6-9,12,15H,3-5,10H2,1-2H3. The first-order chi connectivity index (χ1) is 7.70. The summed E-state index contributed by atoms with van der Waals surface area (Å²) in [5, 5.41) is 10.4. The third-order valence-corrected chi connectivity index (χ3v) is 3.38. The van der Waals surface area contributed by atoms with Crippen LogP contribution in [0.25, 0.3) is 0 Å². The van der Waals surface area contributed by atoms with Crippen molar-refractivity contribution in [2.45, 2.75) is 38.7 Å². The molecule has 0 saturated heterocycles. The summed E-state index contributed by atoms with van der Waals surface area (Å²) in [6, 6.07) is 7.86. The first-order valence-corrected chi connectivity index (χ1v) is 6.16. The molecule has 0 radical (unpaired) electrons. The van der Waals surface area contributed by atoms with Gasteiger partial charge in [0.1, 0.15) is 5.75 Å². The fourth-order valence-corrected chi connectivity index (χ4v) is 2.37. The molecular weight excluding hydrogens is 200 g/mol. The summed E-state index contributed by atoms with van der Waals surface area (Å²) < 4.78 is 5.39. The lowest BCUT2D eigenvalue weighted by atomic mass is 10.0. The quantitative estimate of drug-likeness (QED) is 0.826. The van der Waals surface area contributed by atoms with Gasteiger partial charge in [-0.15, -0.1) is 0 Å². The largest absolute Gasteiger partial charge is 0.494 e. The summed E-state index contributed by atoms with van der Waals surface area (Å²) in [4.78, 5) is 0. The van der Waals surface area contributed by atoms with Crippen molar-refractivity contribution in [3.8, 4) is 5.75 Å². The molecule has 1 aromatic rings. The Bertz CT molecular complexity index is 344. The van der Waals surface area contributed by atoms with Crippen LogP contribution >= 0.6 is 0 Å². The molecule has 2 unspecified atom stereocenters. The van der Waals surface area contributed by atoms with Crippen LogP contribution in [-0.2, 0) is 5.60 Å². The van der Waals surface area contributed by atoms with E-state index in [0.29, 0.717) is 12.5 Å². The van der Waals surface area contributed by atoms with Crippen molar-refractivity contribution in [3.63, 3.8) is 0 Å². The van der Waals surface area contributed by atoms with E-state index in [0.717, 1.165) is 30.6 Å². The van der Waals surface area contributed by atoms with Crippen molar-refractivity contribution in [2.75, 3.05) is 6.61 Å². The van der Waals surface area contributed by atoms with E-state index >= 15 is 0 Å². The van der Waals surface area contributed by atoms with E-state index in [1.807, 2.05) is 31.2 Å². The fourth-order valence-electron chi connectivity index (χ4n) is 2.37. The van der Waals surface area contributed by atoms with E-state index < -0.39 is 5.60 Å². The molecule has 2 nitrogen and oxygen atoms in total. The molecule has 0 bridgehead atoms. The van der Waals surface area contributed by atoms with E-state index in [9.17, 15) is 5.11 Å². The minimum atomic E-state index is -0.555. The highest BCUT2D eigenvalue weighted by molar-refractivity contribution is 5.34. The van der Waals surface area contributed by atoms with Crippen LogP contribution in [0.3, 0.4) is 0 Å². The molecule has 0 aromatic heterocycles. The lowest BCUT2D eigenvalue weighted by Gasteiger charge is -2.11. The van der Waals surface area contributed by atoms with E-state index in [1.165, 1.54) is 0 Å². The smallest absolute Gasteiger partial charge is 0.119 e. The van der Waals surface area contributed by atoms with E-state index in [2.05, 4.69) is 6.92 Å². The van der Waals surface area contributed by atoms with Crippen molar-refractivity contribution in [1.29, 1.82) is 0 Å². The lowest BCUT2D eigenvalue weighted by molar-refractivity contribution is 0.129. The Kier molecular flexibility index (Phi) is 3.20. The lowest BCUT2D eigenvalue weighted by Crippen LogP contribution is -2.08. The van der Waals surface area contributed by atoms with Crippen LogP contribution in [-0.4, -0.2) is 11.7 Å². The van der Waals surface area contributed by atoms with Crippen molar-refractivity contribution >= 4 is 0 Å². The summed E-state index contributed by atoms with van der Waals surface area (Å²) in [5.41, 5.74) is 0.482. The first-order valence-electron chi connectivity index (χ1n) is 6.16. The van der Waals surface area contributed by atoms with Crippen LogP contribution in [0.1, 0.15) is 38.7 Å². The molecule has 88 valence electrons. The van der Waals surface area contributed by atoms with E-state index in [1.54, 1.807) is 0 Å². The van der Waals surface area contributed by atoms with Crippen LogP contribution < -0.4 is 4.74 Å². The average molecular weight is 220 g/mol. The molecule has 1 aromatic carbocycles. The SMILES string of the molecule is CCCC1CC1(O)c1ccc(OCC)cc1. The molecule has 2 heteroatoms. The monoisotopic (exact) mass is 220 g/mol. The molecule has 0 spiro atoms. The molecule has 2 rings (SSSR count). The Morgan fingerprint density at radius 3 is 2.56 bits per heavy atom. The Hall–Kier alpha value is -1.02. The van der Waals surface area contributed by atoms with Gasteiger partial charge in [0.2, 0.25) is 0 Å². The van der Waals surface area contributed by atoms with Gasteiger partial charge in [-0.05, 0) is 43.4 Å². The third kappa shape index (κ3) is 2.07. The molecule has 16 heavy (non-hydrogen) atoms. The zero-order valence-corrected chi connectivity index (χ0v) is 10.1.